The summed E-state index contributed by atoms with van der Waals surface area (Å²) in [7, 11) is 0. The third-order valence-electron chi connectivity index (χ3n) is 2.14. The van der Waals surface area contributed by atoms with Gasteiger partial charge >= 0.3 is 0 Å². The van der Waals surface area contributed by atoms with Crippen LogP contribution in [-0.4, -0.2) is 6.04 Å². The summed E-state index contributed by atoms with van der Waals surface area (Å²) < 4.78 is 0. The first-order valence-corrected chi connectivity index (χ1v) is 5.22. The van der Waals surface area contributed by atoms with Gasteiger partial charge in [0.05, 0.1) is 0 Å². The lowest BCUT2D eigenvalue weighted by Gasteiger charge is -2.01. The number of allylic oxidation sites excluding steroid dienone is 2. The molecule has 76 valence electrons. The Hall–Kier alpha value is -1.00. The molecule has 1 unspecified atom stereocenters. The predicted molar refractivity (Wildman–Crippen MR) is 61.7 cm³/mol. The molecule has 0 aliphatic heterocycles. The van der Waals surface area contributed by atoms with Gasteiger partial charge in [0.2, 0.25) is 0 Å². The van der Waals surface area contributed by atoms with Gasteiger partial charge in [0, 0.05) is 17.5 Å². The van der Waals surface area contributed by atoms with Gasteiger partial charge in [0.25, 0.3) is 0 Å². The highest BCUT2D eigenvalue weighted by Gasteiger charge is 2.17. The minimum Gasteiger partial charge on any atom is -0.328 e. The molecule has 0 bridgehead atoms. The highest BCUT2D eigenvalue weighted by Crippen LogP contribution is 2.27. The molecular weight excluding hydrogens is 170 g/mol. The first-order valence-electron chi connectivity index (χ1n) is 5.22. The molecule has 2 N–H and O–H groups in total. The molecule has 0 aromatic heterocycles. The second kappa shape index (κ2) is 5.02. The molecule has 1 rings (SSSR count). The maximum Gasteiger partial charge on any atom is 0.0229 e. The zero-order valence-electron chi connectivity index (χ0n) is 9.14. The fraction of sp³-hybridized carbons (Fsp3) is 0.538. The molecule has 0 spiro atoms. The molecule has 1 aliphatic rings. The Bertz CT molecular complexity index is 295. The largest absolute Gasteiger partial charge is 0.328 e. The number of hydrogen-bond acceptors (Lipinski definition) is 1. The molecule has 1 atom stereocenters. The van der Waals surface area contributed by atoms with E-state index in [-0.39, 0.29) is 6.04 Å². The van der Waals surface area contributed by atoms with E-state index in [4.69, 9.17) is 5.73 Å². The molecule has 0 aromatic carbocycles. The minimum absolute atomic E-state index is 0.201. The fourth-order valence-electron chi connectivity index (χ4n) is 1.04. The molecule has 1 heteroatoms. The van der Waals surface area contributed by atoms with Crippen LogP contribution in [0, 0.1) is 17.8 Å². The van der Waals surface area contributed by atoms with Crippen molar-refractivity contribution in [2.45, 2.75) is 39.2 Å². The van der Waals surface area contributed by atoms with Gasteiger partial charge in [-0.3, -0.25) is 0 Å². The quantitative estimate of drug-likeness (QED) is 0.536. The van der Waals surface area contributed by atoms with Gasteiger partial charge in [-0.05, 0) is 38.7 Å². The zero-order valence-corrected chi connectivity index (χ0v) is 9.14. The van der Waals surface area contributed by atoms with Crippen LogP contribution in [0.3, 0.4) is 0 Å². The summed E-state index contributed by atoms with van der Waals surface area (Å²) in [6, 6.07) is 0.201. The molecule has 14 heavy (non-hydrogen) atoms. The van der Waals surface area contributed by atoms with Gasteiger partial charge in [-0.1, -0.05) is 24.5 Å². The molecule has 1 saturated carbocycles. The standard InChI is InChI=1S/C13H19N/c1-10(2)13(8-4-11(3)14)9-7-12-5-6-12/h8,11-12H,1,4-6,14H2,2-3H3/b13-8-. The summed E-state index contributed by atoms with van der Waals surface area (Å²) in [6.45, 7) is 7.92. The normalized spacial score (nSPS) is 18.4. The van der Waals surface area contributed by atoms with Crippen molar-refractivity contribution in [3.05, 3.63) is 23.8 Å². The van der Waals surface area contributed by atoms with Crippen LogP contribution >= 0.6 is 0 Å². The summed E-state index contributed by atoms with van der Waals surface area (Å²) >= 11 is 0. The summed E-state index contributed by atoms with van der Waals surface area (Å²) in [5, 5.41) is 0. The van der Waals surface area contributed by atoms with Gasteiger partial charge in [-0.2, -0.15) is 0 Å². The first-order chi connectivity index (χ1) is 6.59. The maximum absolute atomic E-state index is 5.69. The summed E-state index contributed by atoms with van der Waals surface area (Å²) in [4.78, 5) is 0. The Morgan fingerprint density at radius 1 is 1.64 bits per heavy atom. The van der Waals surface area contributed by atoms with Crippen molar-refractivity contribution in [1.82, 2.24) is 0 Å². The molecule has 0 aromatic rings. The lowest BCUT2D eigenvalue weighted by molar-refractivity contribution is 0.755. The molecule has 1 nitrogen and oxygen atoms in total. The van der Waals surface area contributed by atoms with E-state index in [1.54, 1.807) is 0 Å². The third-order valence-corrected chi connectivity index (χ3v) is 2.14. The summed E-state index contributed by atoms with van der Waals surface area (Å²) in [6.07, 6.45) is 5.51. The number of hydrogen-bond donors (Lipinski definition) is 1. The smallest absolute Gasteiger partial charge is 0.0229 e. The molecule has 0 saturated heterocycles. The van der Waals surface area contributed by atoms with Crippen LogP contribution < -0.4 is 5.73 Å². The van der Waals surface area contributed by atoms with Crippen molar-refractivity contribution < 1.29 is 0 Å². The SMILES string of the molecule is C=C(C)/C(C#CC1CC1)=C\CC(C)N. The van der Waals surface area contributed by atoms with Crippen molar-refractivity contribution >= 4 is 0 Å². The van der Waals surface area contributed by atoms with Crippen LogP contribution in [0.15, 0.2) is 23.8 Å². The van der Waals surface area contributed by atoms with Gasteiger partial charge in [-0.25, -0.2) is 0 Å². The Kier molecular flexibility index (Phi) is 3.98. The average Bonchev–Trinajstić information content (AvgIpc) is 2.86. The highest BCUT2D eigenvalue weighted by atomic mass is 14.6. The van der Waals surface area contributed by atoms with Gasteiger partial charge in [0.15, 0.2) is 0 Å². The molecule has 1 aliphatic carbocycles. The van der Waals surface area contributed by atoms with Crippen molar-refractivity contribution in [2.75, 3.05) is 0 Å². The van der Waals surface area contributed by atoms with Crippen LogP contribution in [0.2, 0.25) is 0 Å². The summed E-state index contributed by atoms with van der Waals surface area (Å²) in [5.41, 5.74) is 7.79. The average molecular weight is 189 g/mol. The van der Waals surface area contributed by atoms with E-state index >= 15 is 0 Å². The molecule has 0 heterocycles. The van der Waals surface area contributed by atoms with Crippen molar-refractivity contribution in [2.24, 2.45) is 11.7 Å². The monoisotopic (exact) mass is 189 g/mol. The highest BCUT2D eigenvalue weighted by molar-refractivity contribution is 5.43. The van der Waals surface area contributed by atoms with E-state index in [0.717, 1.165) is 17.6 Å². The van der Waals surface area contributed by atoms with E-state index in [1.165, 1.54) is 12.8 Å². The minimum atomic E-state index is 0.201. The van der Waals surface area contributed by atoms with Crippen molar-refractivity contribution in [3.63, 3.8) is 0 Å². The van der Waals surface area contributed by atoms with Gasteiger partial charge < -0.3 is 5.73 Å². The number of nitrogens with two attached hydrogens (primary N) is 1. The molecule has 0 radical (unpaired) electrons. The van der Waals surface area contributed by atoms with Crippen LogP contribution in [0.1, 0.15) is 33.1 Å². The Balaban J connectivity index is 2.59. The van der Waals surface area contributed by atoms with Crippen LogP contribution in [-0.2, 0) is 0 Å². The Morgan fingerprint density at radius 3 is 2.71 bits per heavy atom. The van der Waals surface area contributed by atoms with E-state index in [0.29, 0.717) is 5.92 Å². The predicted octanol–water partition coefficient (Wildman–Crippen LogP) is 2.64. The second-order valence-corrected chi connectivity index (χ2v) is 4.15. The third kappa shape index (κ3) is 4.30. The number of rotatable bonds is 3. The van der Waals surface area contributed by atoms with E-state index in [1.807, 2.05) is 13.8 Å². The van der Waals surface area contributed by atoms with Crippen LogP contribution in [0.4, 0.5) is 0 Å². The van der Waals surface area contributed by atoms with Crippen LogP contribution in [0.5, 0.6) is 0 Å². The maximum atomic E-state index is 5.69. The Morgan fingerprint density at radius 2 is 2.29 bits per heavy atom. The van der Waals surface area contributed by atoms with E-state index in [2.05, 4.69) is 24.5 Å². The summed E-state index contributed by atoms with van der Waals surface area (Å²) in [5.74, 6) is 7.08. The van der Waals surface area contributed by atoms with E-state index < -0.39 is 0 Å². The lowest BCUT2D eigenvalue weighted by Crippen LogP contribution is -2.13. The van der Waals surface area contributed by atoms with Gasteiger partial charge in [0.1, 0.15) is 0 Å². The molecule has 0 amide bonds. The lowest BCUT2D eigenvalue weighted by atomic mass is 10.1. The topological polar surface area (TPSA) is 26.0 Å². The zero-order chi connectivity index (χ0) is 10.6. The Labute approximate surface area is 87.1 Å². The molecular formula is C13H19N. The van der Waals surface area contributed by atoms with Crippen LogP contribution in [0.25, 0.3) is 0 Å². The van der Waals surface area contributed by atoms with E-state index in [9.17, 15) is 0 Å². The second-order valence-electron chi connectivity index (χ2n) is 4.15. The van der Waals surface area contributed by atoms with Crippen molar-refractivity contribution in [3.8, 4) is 11.8 Å². The molecule has 1 fully saturated rings. The van der Waals surface area contributed by atoms with Gasteiger partial charge in [-0.15, -0.1) is 0 Å². The first kappa shape index (κ1) is 11.1. The fourth-order valence-corrected chi connectivity index (χ4v) is 1.04. The van der Waals surface area contributed by atoms with Crippen molar-refractivity contribution in [1.29, 1.82) is 0 Å².